The van der Waals surface area contributed by atoms with E-state index in [9.17, 15) is 4.79 Å². The van der Waals surface area contributed by atoms with E-state index in [0.29, 0.717) is 17.5 Å². The Bertz CT molecular complexity index is 709. The second kappa shape index (κ2) is 7.40. The minimum Gasteiger partial charge on any atom is -0.439 e. The maximum Gasteiger partial charge on any atom is 0.222 e. The third kappa shape index (κ3) is 4.29. The number of piperidine rings is 1. The van der Waals surface area contributed by atoms with E-state index in [1.807, 2.05) is 25.1 Å². The lowest BCUT2D eigenvalue weighted by Crippen LogP contribution is -2.27. The fourth-order valence-corrected chi connectivity index (χ4v) is 2.81. The first-order valence-corrected chi connectivity index (χ1v) is 8.22. The summed E-state index contributed by atoms with van der Waals surface area (Å²) in [6, 6.07) is 9.07. The molecule has 1 saturated heterocycles. The standard InChI is InChI=1S/C18H22N4O2/c1-12-11-17(22-18(20-12)14-7-9-19-10-8-14)24-16-5-3-15(4-6-16)21-13(2)23/h3-6,11,14,19H,7-10H2,1-2H3,(H,21,23). The van der Waals surface area contributed by atoms with Crippen LogP contribution in [-0.2, 0) is 4.79 Å². The number of benzene rings is 1. The van der Waals surface area contributed by atoms with Crippen molar-refractivity contribution >= 4 is 11.6 Å². The number of hydrogen-bond donors (Lipinski definition) is 2. The largest absolute Gasteiger partial charge is 0.439 e. The first-order valence-electron chi connectivity index (χ1n) is 8.22. The molecule has 2 N–H and O–H groups in total. The van der Waals surface area contributed by atoms with Gasteiger partial charge in [0.1, 0.15) is 11.6 Å². The fraction of sp³-hybridized carbons (Fsp3) is 0.389. The molecule has 3 rings (SSSR count). The van der Waals surface area contributed by atoms with Gasteiger partial charge in [-0.1, -0.05) is 0 Å². The predicted octanol–water partition coefficient (Wildman–Crippen LogP) is 3.00. The molecule has 1 aromatic carbocycles. The Morgan fingerprint density at radius 3 is 2.58 bits per heavy atom. The van der Waals surface area contributed by atoms with Gasteiger partial charge in [-0.3, -0.25) is 4.79 Å². The van der Waals surface area contributed by atoms with Gasteiger partial charge >= 0.3 is 0 Å². The third-order valence-corrected chi connectivity index (χ3v) is 3.95. The number of amides is 1. The van der Waals surface area contributed by atoms with Crippen LogP contribution in [0.5, 0.6) is 11.6 Å². The summed E-state index contributed by atoms with van der Waals surface area (Å²) in [7, 11) is 0. The number of aromatic nitrogens is 2. The van der Waals surface area contributed by atoms with Crippen LogP contribution < -0.4 is 15.4 Å². The summed E-state index contributed by atoms with van der Waals surface area (Å²) in [6.07, 6.45) is 2.10. The summed E-state index contributed by atoms with van der Waals surface area (Å²) < 4.78 is 5.87. The highest BCUT2D eigenvalue weighted by atomic mass is 16.5. The van der Waals surface area contributed by atoms with E-state index >= 15 is 0 Å². The Morgan fingerprint density at radius 2 is 1.92 bits per heavy atom. The SMILES string of the molecule is CC(=O)Nc1ccc(Oc2cc(C)nc(C3CCNCC3)n2)cc1. The lowest BCUT2D eigenvalue weighted by molar-refractivity contribution is -0.114. The fourth-order valence-electron chi connectivity index (χ4n) is 2.81. The molecular formula is C18H22N4O2. The maximum absolute atomic E-state index is 11.1. The number of nitrogens with zero attached hydrogens (tertiary/aromatic N) is 2. The number of carbonyl (C=O) groups is 1. The average Bonchev–Trinajstić information content (AvgIpc) is 2.56. The van der Waals surface area contributed by atoms with Crippen molar-refractivity contribution in [1.82, 2.24) is 15.3 Å². The van der Waals surface area contributed by atoms with Crippen molar-refractivity contribution in [3.8, 4) is 11.6 Å². The number of hydrogen-bond acceptors (Lipinski definition) is 5. The van der Waals surface area contributed by atoms with Gasteiger partial charge in [-0.15, -0.1) is 0 Å². The zero-order valence-corrected chi connectivity index (χ0v) is 14.0. The first-order chi connectivity index (χ1) is 11.6. The highest BCUT2D eigenvalue weighted by Gasteiger charge is 2.19. The molecule has 126 valence electrons. The second-order valence-electron chi connectivity index (χ2n) is 6.04. The van der Waals surface area contributed by atoms with E-state index in [0.717, 1.165) is 43.1 Å². The number of carbonyl (C=O) groups excluding carboxylic acids is 1. The molecule has 2 heterocycles. The number of ether oxygens (including phenoxy) is 1. The number of aryl methyl sites for hydroxylation is 1. The van der Waals surface area contributed by atoms with Crippen LogP contribution in [0.15, 0.2) is 30.3 Å². The van der Waals surface area contributed by atoms with Crippen molar-refractivity contribution in [2.24, 2.45) is 0 Å². The average molecular weight is 326 g/mol. The van der Waals surface area contributed by atoms with Crippen LogP contribution in [-0.4, -0.2) is 29.0 Å². The molecule has 1 aromatic heterocycles. The van der Waals surface area contributed by atoms with Crippen molar-refractivity contribution < 1.29 is 9.53 Å². The number of rotatable bonds is 4. The van der Waals surface area contributed by atoms with Crippen LogP contribution in [0.1, 0.15) is 37.2 Å². The highest BCUT2D eigenvalue weighted by Crippen LogP contribution is 2.26. The quantitative estimate of drug-likeness (QED) is 0.903. The minimum absolute atomic E-state index is 0.0956. The van der Waals surface area contributed by atoms with Gasteiger partial charge in [0.05, 0.1) is 0 Å². The van der Waals surface area contributed by atoms with Gasteiger partial charge < -0.3 is 15.4 Å². The molecule has 2 aromatic rings. The van der Waals surface area contributed by atoms with Crippen LogP contribution in [0.2, 0.25) is 0 Å². The maximum atomic E-state index is 11.1. The summed E-state index contributed by atoms with van der Waals surface area (Å²) >= 11 is 0. The van der Waals surface area contributed by atoms with E-state index in [-0.39, 0.29) is 5.91 Å². The Morgan fingerprint density at radius 1 is 1.21 bits per heavy atom. The molecule has 0 unspecified atom stereocenters. The van der Waals surface area contributed by atoms with Gasteiger partial charge in [0, 0.05) is 30.3 Å². The predicted molar refractivity (Wildman–Crippen MR) is 92.4 cm³/mol. The molecule has 0 aliphatic carbocycles. The molecule has 0 bridgehead atoms. The molecule has 1 amide bonds. The third-order valence-electron chi connectivity index (χ3n) is 3.95. The Balaban J connectivity index is 1.74. The summed E-state index contributed by atoms with van der Waals surface area (Å²) in [5, 5.41) is 6.09. The molecule has 24 heavy (non-hydrogen) atoms. The van der Waals surface area contributed by atoms with Gasteiger partial charge in [0.25, 0.3) is 0 Å². The van der Waals surface area contributed by atoms with Gasteiger partial charge in [-0.05, 0) is 57.1 Å². The van der Waals surface area contributed by atoms with Crippen LogP contribution >= 0.6 is 0 Å². The lowest BCUT2D eigenvalue weighted by Gasteiger charge is -2.21. The van der Waals surface area contributed by atoms with Crippen molar-refractivity contribution in [3.05, 3.63) is 41.9 Å². The number of nitrogens with one attached hydrogen (secondary N) is 2. The Kier molecular flexibility index (Phi) is 5.05. The van der Waals surface area contributed by atoms with Crippen LogP contribution in [0.25, 0.3) is 0 Å². The monoisotopic (exact) mass is 326 g/mol. The topological polar surface area (TPSA) is 76.1 Å². The first kappa shape index (κ1) is 16.4. The van der Waals surface area contributed by atoms with Gasteiger partial charge in [0.15, 0.2) is 0 Å². The van der Waals surface area contributed by atoms with Crippen LogP contribution in [0, 0.1) is 6.92 Å². The zero-order valence-electron chi connectivity index (χ0n) is 14.0. The smallest absolute Gasteiger partial charge is 0.222 e. The van der Waals surface area contributed by atoms with Crippen molar-refractivity contribution in [1.29, 1.82) is 0 Å². The molecule has 0 saturated carbocycles. The zero-order chi connectivity index (χ0) is 16.9. The molecule has 0 spiro atoms. The van der Waals surface area contributed by atoms with Crippen LogP contribution in [0.3, 0.4) is 0 Å². The number of anilines is 1. The summed E-state index contributed by atoms with van der Waals surface area (Å²) in [5.41, 5.74) is 1.65. The normalized spacial score (nSPS) is 15.1. The minimum atomic E-state index is -0.0956. The molecule has 0 atom stereocenters. The van der Waals surface area contributed by atoms with Crippen molar-refractivity contribution in [2.75, 3.05) is 18.4 Å². The van der Waals surface area contributed by atoms with E-state index in [2.05, 4.69) is 20.6 Å². The summed E-state index contributed by atoms with van der Waals surface area (Å²) in [6.45, 7) is 5.45. The molecule has 1 fully saturated rings. The van der Waals surface area contributed by atoms with Crippen molar-refractivity contribution in [2.45, 2.75) is 32.6 Å². The van der Waals surface area contributed by atoms with E-state index in [4.69, 9.17) is 4.74 Å². The van der Waals surface area contributed by atoms with Gasteiger partial charge in [0.2, 0.25) is 11.8 Å². The van der Waals surface area contributed by atoms with Crippen LogP contribution in [0.4, 0.5) is 5.69 Å². The summed E-state index contributed by atoms with van der Waals surface area (Å²) in [4.78, 5) is 20.2. The van der Waals surface area contributed by atoms with Gasteiger partial charge in [-0.25, -0.2) is 4.98 Å². The molecule has 1 aliphatic heterocycles. The Hall–Kier alpha value is -2.47. The van der Waals surface area contributed by atoms with E-state index in [1.54, 1.807) is 12.1 Å². The molecule has 1 aliphatic rings. The molecular weight excluding hydrogens is 304 g/mol. The van der Waals surface area contributed by atoms with E-state index < -0.39 is 0 Å². The molecule has 6 nitrogen and oxygen atoms in total. The highest BCUT2D eigenvalue weighted by molar-refractivity contribution is 5.88. The molecule has 6 heteroatoms. The van der Waals surface area contributed by atoms with Crippen molar-refractivity contribution in [3.63, 3.8) is 0 Å². The summed E-state index contributed by atoms with van der Waals surface area (Å²) in [5.74, 6) is 2.39. The van der Waals surface area contributed by atoms with E-state index in [1.165, 1.54) is 6.92 Å². The lowest BCUT2D eigenvalue weighted by atomic mass is 9.97. The second-order valence-corrected chi connectivity index (χ2v) is 6.04. The molecule has 0 radical (unpaired) electrons. The Labute approximate surface area is 141 Å². The van der Waals surface area contributed by atoms with Gasteiger partial charge in [-0.2, -0.15) is 4.98 Å².